The maximum atomic E-state index is 14.0. The first-order chi connectivity index (χ1) is 9.93. The Kier molecular flexibility index (Phi) is 3.37. The fourth-order valence-corrected chi connectivity index (χ4v) is 4.99. The quantitative estimate of drug-likeness (QED) is 0.769. The summed E-state index contributed by atoms with van der Waals surface area (Å²) < 4.78 is 40.7. The van der Waals surface area contributed by atoms with E-state index in [0.29, 0.717) is 12.8 Å². The van der Waals surface area contributed by atoms with Crippen LogP contribution in [0.4, 0.5) is 10.1 Å². The maximum Gasteiger partial charge on any atom is 0.248 e. The van der Waals surface area contributed by atoms with Crippen molar-refractivity contribution in [2.24, 2.45) is 5.92 Å². The molecule has 0 saturated carbocycles. The lowest BCUT2D eigenvalue weighted by atomic mass is 9.93. The van der Waals surface area contributed by atoms with Crippen molar-refractivity contribution in [3.05, 3.63) is 24.0 Å². The second-order valence-corrected chi connectivity index (χ2v) is 7.16. The number of sulfonamides is 1. The monoisotopic (exact) mass is 313 g/mol. The molecule has 0 aromatic heterocycles. The van der Waals surface area contributed by atoms with E-state index >= 15 is 0 Å². The van der Waals surface area contributed by atoms with Crippen molar-refractivity contribution in [2.75, 3.05) is 18.8 Å². The molecule has 0 spiro atoms. The predicted octanol–water partition coefficient (Wildman–Crippen LogP) is 0.307. The molecule has 3 N–H and O–H groups in total. The van der Waals surface area contributed by atoms with E-state index in [1.54, 1.807) is 0 Å². The number of nitrogens with two attached hydrogens (primary N) is 1. The van der Waals surface area contributed by atoms with E-state index in [9.17, 15) is 17.6 Å². The zero-order valence-corrected chi connectivity index (χ0v) is 12.1. The third kappa shape index (κ3) is 2.18. The lowest BCUT2D eigenvalue weighted by Crippen LogP contribution is -2.48. The fraction of sp³-hybridized carbons (Fsp3) is 0.462. The highest BCUT2D eigenvalue weighted by Gasteiger charge is 2.46. The van der Waals surface area contributed by atoms with E-state index in [-0.39, 0.29) is 30.6 Å². The first kappa shape index (κ1) is 14.3. The van der Waals surface area contributed by atoms with Crippen LogP contribution >= 0.6 is 0 Å². The molecule has 1 amide bonds. The van der Waals surface area contributed by atoms with Gasteiger partial charge in [0.25, 0.3) is 0 Å². The Labute approximate surface area is 122 Å². The minimum atomic E-state index is -4.06. The van der Waals surface area contributed by atoms with Crippen LogP contribution < -0.4 is 11.1 Å². The molecule has 2 saturated heterocycles. The van der Waals surface area contributed by atoms with Crippen molar-refractivity contribution in [2.45, 2.75) is 23.8 Å². The molecule has 0 aliphatic carbocycles. The Morgan fingerprint density at radius 2 is 2.14 bits per heavy atom. The summed E-state index contributed by atoms with van der Waals surface area (Å²) in [6.07, 6.45) is 1.22. The Balaban J connectivity index is 2.04. The van der Waals surface area contributed by atoms with Gasteiger partial charge in [0, 0.05) is 13.1 Å². The Bertz CT molecular complexity index is 672. The van der Waals surface area contributed by atoms with E-state index < -0.39 is 26.8 Å². The summed E-state index contributed by atoms with van der Waals surface area (Å²) >= 11 is 0. The van der Waals surface area contributed by atoms with Gasteiger partial charge in [0.1, 0.15) is 10.7 Å². The normalized spacial score (nSPS) is 26.4. The number of rotatable bonds is 2. The van der Waals surface area contributed by atoms with Gasteiger partial charge in [-0.05, 0) is 25.0 Å². The highest BCUT2D eigenvalue weighted by molar-refractivity contribution is 7.89. The van der Waals surface area contributed by atoms with E-state index in [0.717, 1.165) is 6.07 Å². The minimum Gasteiger partial charge on any atom is -0.398 e. The van der Waals surface area contributed by atoms with Crippen LogP contribution in [0, 0.1) is 11.7 Å². The number of amides is 1. The van der Waals surface area contributed by atoms with Gasteiger partial charge < -0.3 is 11.1 Å². The largest absolute Gasteiger partial charge is 0.398 e. The van der Waals surface area contributed by atoms with Crippen molar-refractivity contribution in [1.82, 2.24) is 9.62 Å². The second kappa shape index (κ2) is 4.96. The topological polar surface area (TPSA) is 92.5 Å². The van der Waals surface area contributed by atoms with E-state index in [1.165, 1.54) is 16.4 Å². The molecule has 114 valence electrons. The third-order valence-electron chi connectivity index (χ3n) is 4.11. The first-order valence-corrected chi connectivity index (χ1v) is 8.20. The van der Waals surface area contributed by atoms with Crippen LogP contribution in [0.15, 0.2) is 23.1 Å². The highest BCUT2D eigenvalue weighted by atomic mass is 32.2. The van der Waals surface area contributed by atoms with Crippen molar-refractivity contribution in [3.63, 3.8) is 0 Å². The summed E-state index contributed by atoms with van der Waals surface area (Å²) in [5.74, 6) is -1.36. The number of halogens is 1. The summed E-state index contributed by atoms with van der Waals surface area (Å²) in [6, 6.07) is 3.33. The number of hydrogen-bond donors (Lipinski definition) is 2. The van der Waals surface area contributed by atoms with Gasteiger partial charge in [-0.2, -0.15) is 4.31 Å². The first-order valence-electron chi connectivity index (χ1n) is 6.76. The van der Waals surface area contributed by atoms with Gasteiger partial charge in [0.05, 0.1) is 17.6 Å². The minimum absolute atomic E-state index is 0.116. The number of benzene rings is 1. The SMILES string of the molecule is Nc1cccc(F)c1S(=O)(=O)N1CCCC2C(=O)NCC21. The lowest BCUT2D eigenvalue weighted by molar-refractivity contribution is -0.123. The average Bonchev–Trinajstić information content (AvgIpc) is 2.80. The fourth-order valence-electron chi connectivity index (χ4n) is 3.13. The molecular formula is C13H16FN3O3S. The number of carbonyl (C=O) groups is 1. The summed E-state index contributed by atoms with van der Waals surface area (Å²) in [4.78, 5) is 11.2. The summed E-state index contributed by atoms with van der Waals surface area (Å²) in [5.41, 5.74) is 5.53. The summed E-state index contributed by atoms with van der Waals surface area (Å²) in [7, 11) is -4.06. The van der Waals surface area contributed by atoms with Crippen LogP contribution in [0.3, 0.4) is 0 Å². The average molecular weight is 313 g/mol. The highest BCUT2D eigenvalue weighted by Crippen LogP contribution is 2.34. The number of anilines is 1. The number of fused-ring (bicyclic) bond motifs is 1. The Morgan fingerprint density at radius 1 is 1.38 bits per heavy atom. The van der Waals surface area contributed by atoms with Crippen LogP contribution in [-0.2, 0) is 14.8 Å². The molecule has 1 aromatic carbocycles. The van der Waals surface area contributed by atoms with Crippen LogP contribution in [0.5, 0.6) is 0 Å². The van der Waals surface area contributed by atoms with Gasteiger partial charge in [0.15, 0.2) is 0 Å². The van der Waals surface area contributed by atoms with Crippen molar-refractivity contribution >= 4 is 21.6 Å². The molecule has 1 aromatic rings. The smallest absolute Gasteiger partial charge is 0.248 e. The molecule has 2 aliphatic rings. The lowest BCUT2D eigenvalue weighted by Gasteiger charge is -2.35. The molecule has 2 aliphatic heterocycles. The van der Waals surface area contributed by atoms with Crippen molar-refractivity contribution in [1.29, 1.82) is 0 Å². The number of nitrogen functional groups attached to an aromatic ring is 1. The number of nitrogens with zero attached hydrogens (tertiary/aromatic N) is 1. The predicted molar refractivity (Wildman–Crippen MR) is 74.2 cm³/mol. The van der Waals surface area contributed by atoms with Gasteiger partial charge in [-0.25, -0.2) is 12.8 Å². The molecule has 6 nitrogen and oxygen atoms in total. The molecule has 8 heteroatoms. The van der Waals surface area contributed by atoms with Crippen LogP contribution in [0.1, 0.15) is 12.8 Å². The van der Waals surface area contributed by atoms with Crippen LogP contribution in [0.25, 0.3) is 0 Å². The molecule has 2 unspecified atom stereocenters. The molecule has 0 bridgehead atoms. The molecule has 2 atom stereocenters. The van der Waals surface area contributed by atoms with Gasteiger partial charge >= 0.3 is 0 Å². The van der Waals surface area contributed by atoms with E-state index in [4.69, 9.17) is 5.73 Å². The zero-order valence-electron chi connectivity index (χ0n) is 11.3. The summed E-state index contributed by atoms with van der Waals surface area (Å²) in [6.45, 7) is 0.531. The van der Waals surface area contributed by atoms with Crippen LogP contribution in [-0.4, -0.2) is 37.8 Å². The molecule has 2 fully saturated rings. The standard InChI is InChI=1S/C13H16FN3O3S/c14-9-4-1-5-10(15)12(9)21(19,20)17-6-2-3-8-11(17)7-16-13(8)18/h1,4-5,8,11H,2-3,6-7,15H2,(H,16,18). The zero-order chi connectivity index (χ0) is 15.2. The van der Waals surface area contributed by atoms with Gasteiger partial charge in [-0.15, -0.1) is 0 Å². The Morgan fingerprint density at radius 3 is 2.86 bits per heavy atom. The molecule has 21 heavy (non-hydrogen) atoms. The molecule has 3 rings (SSSR count). The number of nitrogens with one attached hydrogen (secondary N) is 1. The number of hydrogen-bond acceptors (Lipinski definition) is 4. The molecule has 0 radical (unpaired) electrons. The molecular weight excluding hydrogens is 297 g/mol. The molecule has 2 heterocycles. The second-order valence-electron chi connectivity index (χ2n) is 5.34. The Hall–Kier alpha value is -1.67. The van der Waals surface area contributed by atoms with Crippen LogP contribution in [0.2, 0.25) is 0 Å². The van der Waals surface area contributed by atoms with Gasteiger partial charge in [-0.1, -0.05) is 6.07 Å². The van der Waals surface area contributed by atoms with Crippen molar-refractivity contribution < 1.29 is 17.6 Å². The maximum absolute atomic E-state index is 14.0. The van der Waals surface area contributed by atoms with Gasteiger partial charge in [-0.3, -0.25) is 4.79 Å². The van der Waals surface area contributed by atoms with E-state index in [2.05, 4.69) is 5.32 Å². The third-order valence-corrected chi connectivity index (χ3v) is 6.13. The van der Waals surface area contributed by atoms with Gasteiger partial charge in [0.2, 0.25) is 15.9 Å². The number of piperidine rings is 1. The van der Waals surface area contributed by atoms with Crippen molar-refractivity contribution in [3.8, 4) is 0 Å². The van der Waals surface area contributed by atoms with E-state index in [1.807, 2.05) is 0 Å². The number of carbonyl (C=O) groups excluding carboxylic acids is 1. The summed E-state index contributed by atoms with van der Waals surface area (Å²) in [5, 5.41) is 2.67.